The topological polar surface area (TPSA) is 62.8 Å². The van der Waals surface area contributed by atoms with Gasteiger partial charge in [-0.15, -0.1) is 5.11 Å². The van der Waals surface area contributed by atoms with Crippen LogP contribution in [0.2, 0.25) is 0 Å². The molecule has 86 valence electrons. The molecule has 0 aliphatic rings. The quantitative estimate of drug-likeness (QED) is 0.618. The molecule has 0 saturated carbocycles. The summed E-state index contributed by atoms with van der Waals surface area (Å²) >= 11 is 0. The van der Waals surface area contributed by atoms with Crippen molar-refractivity contribution in [3.63, 3.8) is 0 Å². The van der Waals surface area contributed by atoms with Crippen molar-refractivity contribution in [2.45, 2.75) is 0 Å². The monoisotopic (exact) mass is 226 g/mol. The van der Waals surface area contributed by atoms with Crippen LogP contribution in [-0.4, -0.2) is 7.05 Å². The zero-order valence-corrected chi connectivity index (χ0v) is 9.59. The molecule has 0 amide bonds. The highest BCUT2D eigenvalue weighted by Gasteiger charge is 1.98. The highest BCUT2D eigenvalue weighted by molar-refractivity contribution is 5.68. The van der Waals surface area contributed by atoms with E-state index in [2.05, 4.69) is 15.5 Å². The van der Waals surface area contributed by atoms with Crippen LogP contribution in [-0.2, 0) is 0 Å². The molecule has 17 heavy (non-hydrogen) atoms. The lowest BCUT2D eigenvalue weighted by Crippen LogP contribution is -1.90. The summed E-state index contributed by atoms with van der Waals surface area (Å²) in [7, 11) is 1.85. The van der Waals surface area contributed by atoms with Gasteiger partial charge in [-0.25, -0.2) is 0 Å². The Labute approximate surface area is 100 Å². The van der Waals surface area contributed by atoms with Crippen LogP contribution in [0, 0.1) is 0 Å². The molecule has 3 N–H and O–H groups in total. The fraction of sp³-hybridized carbons (Fsp3) is 0.0769. The van der Waals surface area contributed by atoms with Gasteiger partial charge in [0.1, 0.15) is 5.69 Å². The highest BCUT2D eigenvalue weighted by Crippen LogP contribution is 2.27. The van der Waals surface area contributed by atoms with Gasteiger partial charge in [0.25, 0.3) is 0 Å². The molecular weight excluding hydrogens is 212 g/mol. The predicted molar refractivity (Wildman–Crippen MR) is 71.0 cm³/mol. The first kappa shape index (κ1) is 11.1. The van der Waals surface area contributed by atoms with Crippen molar-refractivity contribution < 1.29 is 0 Å². The zero-order chi connectivity index (χ0) is 12.1. The standard InChI is InChI=1S/C13H14N4/c1-15-11-7-8-13(12(14)9-11)17-16-10-5-3-2-4-6-10/h2-9,15H,14H2,1H3. The van der Waals surface area contributed by atoms with Gasteiger partial charge in [-0.1, -0.05) is 18.2 Å². The second kappa shape index (κ2) is 5.12. The van der Waals surface area contributed by atoms with Gasteiger partial charge in [0.2, 0.25) is 0 Å². The third-order valence-corrected chi connectivity index (χ3v) is 2.35. The normalized spacial score (nSPS) is 10.6. The van der Waals surface area contributed by atoms with E-state index < -0.39 is 0 Å². The molecule has 0 saturated heterocycles. The molecule has 0 bridgehead atoms. The lowest BCUT2D eigenvalue weighted by Gasteiger charge is -2.03. The van der Waals surface area contributed by atoms with Crippen LogP contribution in [0.15, 0.2) is 58.8 Å². The molecule has 0 radical (unpaired) electrons. The molecular formula is C13H14N4. The molecule has 2 rings (SSSR count). The predicted octanol–water partition coefficient (Wildman–Crippen LogP) is 3.73. The fourth-order valence-electron chi connectivity index (χ4n) is 1.41. The smallest absolute Gasteiger partial charge is 0.109 e. The summed E-state index contributed by atoms with van der Waals surface area (Å²) < 4.78 is 0. The Morgan fingerprint density at radius 3 is 2.41 bits per heavy atom. The number of hydrogen-bond donors (Lipinski definition) is 2. The lowest BCUT2D eigenvalue weighted by atomic mass is 10.2. The van der Waals surface area contributed by atoms with E-state index in [0.29, 0.717) is 11.4 Å². The average Bonchev–Trinajstić information content (AvgIpc) is 2.38. The van der Waals surface area contributed by atoms with Crippen molar-refractivity contribution in [1.82, 2.24) is 0 Å². The number of nitrogens with one attached hydrogen (secondary N) is 1. The number of azo groups is 1. The van der Waals surface area contributed by atoms with Gasteiger partial charge >= 0.3 is 0 Å². The first-order valence-corrected chi connectivity index (χ1v) is 5.33. The van der Waals surface area contributed by atoms with Crippen molar-refractivity contribution >= 4 is 22.7 Å². The van der Waals surface area contributed by atoms with Gasteiger partial charge in [0.15, 0.2) is 0 Å². The van der Waals surface area contributed by atoms with Crippen LogP contribution in [0.5, 0.6) is 0 Å². The van der Waals surface area contributed by atoms with E-state index in [0.717, 1.165) is 11.4 Å². The van der Waals surface area contributed by atoms with Crippen LogP contribution in [0.4, 0.5) is 22.7 Å². The number of hydrogen-bond acceptors (Lipinski definition) is 4. The molecule has 0 aliphatic carbocycles. The van der Waals surface area contributed by atoms with Crippen LogP contribution in [0.3, 0.4) is 0 Å². The molecule has 2 aromatic carbocycles. The third-order valence-electron chi connectivity index (χ3n) is 2.35. The first-order chi connectivity index (χ1) is 8.29. The number of nitrogen functional groups attached to an aromatic ring is 1. The zero-order valence-electron chi connectivity index (χ0n) is 9.59. The number of rotatable bonds is 3. The Bertz CT molecular complexity index is 520. The third kappa shape index (κ3) is 2.81. The lowest BCUT2D eigenvalue weighted by molar-refractivity contribution is 1.23. The number of nitrogens with zero attached hydrogens (tertiary/aromatic N) is 2. The summed E-state index contributed by atoms with van der Waals surface area (Å²) in [6, 6.07) is 15.1. The summed E-state index contributed by atoms with van der Waals surface area (Å²) in [6.07, 6.45) is 0. The first-order valence-electron chi connectivity index (χ1n) is 5.33. The van der Waals surface area contributed by atoms with Gasteiger partial charge in [-0.2, -0.15) is 5.11 Å². The maximum atomic E-state index is 5.87. The van der Waals surface area contributed by atoms with E-state index in [1.165, 1.54) is 0 Å². The minimum Gasteiger partial charge on any atom is -0.397 e. The van der Waals surface area contributed by atoms with E-state index in [-0.39, 0.29) is 0 Å². The van der Waals surface area contributed by atoms with E-state index in [1.54, 1.807) is 0 Å². The Kier molecular flexibility index (Phi) is 3.35. The van der Waals surface area contributed by atoms with Gasteiger partial charge in [0.05, 0.1) is 11.4 Å². The molecule has 0 fully saturated rings. The average molecular weight is 226 g/mol. The van der Waals surface area contributed by atoms with Gasteiger partial charge in [0, 0.05) is 12.7 Å². The summed E-state index contributed by atoms with van der Waals surface area (Å²) in [4.78, 5) is 0. The van der Waals surface area contributed by atoms with E-state index in [1.807, 2.05) is 55.6 Å². The minimum atomic E-state index is 0.608. The number of nitrogens with two attached hydrogens (primary N) is 1. The minimum absolute atomic E-state index is 0.608. The second-order valence-corrected chi connectivity index (χ2v) is 3.56. The molecule has 4 nitrogen and oxygen atoms in total. The summed E-state index contributed by atoms with van der Waals surface area (Å²) in [6.45, 7) is 0. The van der Waals surface area contributed by atoms with Crippen LogP contribution in [0.1, 0.15) is 0 Å². The largest absolute Gasteiger partial charge is 0.397 e. The second-order valence-electron chi connectivity index (χ2n) is 3.56. The van der Waals surface area contributed by atoms with Crippen molar-refractivity contribution in [1.29, 1.82) is 0 Å². The molecule has 0 unspecified atom stereocenters. The van der Waals surface area contributed by atoms with Gasteiger partial charge in [-0.05, 0) is 30.3 Å². The Morgan fingerprint density at radius 1 is 1.00 bits per heavy atom. The Hall–Kier alpha value is -2.36. The van der Waals surface area contributed by atoms with Crippen molar-refractivity contribution in [2.24, 2.45) is 10.2 Å². The maximum absolute atomic E-state index is 5.87. The van der Waals surface area contributed by atoms with E-state index >= 15 is 0 Å². The van der Waals surface area contributed by atoms with E-state index in [4.69, 9.17) is 5.73 Å². The molecule has 0 spiro atoms. The molecule has 0 aromatic heterocycles. The Balaban J connectivity index is 2.22. The van der Waals surface area contributed by atoms with E-state index in [9.17, 15) is 0 Å². The molecule has 4 heteroatoms. The number of anilines is 2. The maximum Gasteiger partial charge on any atom is 0.109 e. The highest BCUT2D eigenvalue weighted by atomic mass is 15.1. The van der Waals surface area contributed by atoms with Gasteiger partial charge < -0.3 is 11.1 Å². The van der Waals surface area contributed by atoms with Crippen molar-refractivity contribution in [3.8, 4) is 0 Å². The molecule has 0 aliphatic heterocycles. The van der Waals surface area contributed by atoms with Crippen LogP contribution < -0.4 is 11.1 Å². The summed E-state index contributed by atoms with van der Waals surface area (Å²) in [5.74, 6) is 0. The van der Waals surface area contributed by atoms with Crippen molar-refractivity contribution in [2.75, 3.05) is 18.1 Å². The Morgan fingerprint density at radius 2 is 1.76 bits per heavy atom. The summed E-state index contributed by atoms with van der Waals surface area (Å²) in [5.41, 5.74) is 8.92. The molecule has 2 aromatic rings. The van der Waals surface area contributed by atoms with Crippen LogP contribution >= 0.6 is 0 Å². The van der Waals surface area contributed by atoms with Crippen molar-refractivity contribution in [3.05, 3.63) is 48.5 Å². The molecule has 0 heterocycles. The SMILES string of the molecule is CNc1ccc(N=Nc2ccccc2)c(N)c1. The molecule has 0 atom stereocenters. The van der Waals surface area contributed by atoms with Crippen LogP contribution in [0.25, 0.3) is 0 Å². The van der Waals surface area contributed by atoms with Gasteiger partial charge in [-0.3, -0.25) is 0 Å². The fourth-order valence-corrected chi connectivity index (χ4v) is 1.41. The number of benzene rings is 2. The summed E-state index contributed by atoms with van der Waals surface area (Å²) in [5, 5.41) is 11.3.